The van der Waals surface area contributed by atoms with Crippen LogP contribution >= 0.6 is 11.3 Å². The first-order valence-corrected chi connectivity index (χ1v) is 10.3. The molecule has 0 aliphatic carbocycles. The number of nitrogens with zero attached hydrogens (tertiary/aromatic N) is 2. The Labute approximate surface area is 171 Å². The summed E-state index contributed by atoms with van der Waals surface area (Å²) < 4.78 is 5.38. The molecule has 3 heterocycles. The van der Waals surface area contributed by atoms with Crippen molar-refractivity contribution in [3.8, 4) is 0 Å². The molecular formula is C21H20N2O5S. The molecule has 2 aromatic rings. The van der Waals surface area contributed by atoms with Crippen LogP contribution in [0.1, 0.15) is 40.6 Å². The number of fused-ring (bicyclic) bond motifs is 1. The van der Waals surface area contributed by atoms with Crippen LogP contribution in [0.4, 0.5) is 5.69 Å². The normalized spacial score (nSPS) is 17.3. The molecule has 1 saturated heterocycles. The predicted molar refractivity (Wildman–Crippen MR) is 106 cm³/mol. The highest BCUT2D eigenvalue weighted by atomic mass is 32.1. The fourth-order valence-electron chi connectivity index (χ4n) is 3.61. The molecule has 3 amide bonds. The summed E-state index contributed by atoms with van der Waals surface area (Å²) in [6.45, 7) is 2.68. The van der Waals surface area contributed by atoms with Crippen molar-refractivity contribution in [1.82, 2.24) is 4.90 Å². The highest BCUT2D eigenvalue weighted by Gasteiger charge is 2.31. The van der Waals surface area contributed by atoms with Gasteiger partial charge in [0, 0.05) is 30.8 Å². The monoisotopic (exact) mass is 412 g/mol. The van der Waals surface area contributed by atoms with E-state index in [1.54, 1.807) is 35.3 Å². The van der Waals surface area contributed by atoms with Crippen LogP contribution in [-0.2, 0) is 32.1 Å². The number of imide groups is 1. The summed E-state index contributed by atoms with van der Waals surface area (Å²) in [7, 11) is 0. The van der Waals surface area contributed by atoms with Gasteiger partial charge in [0.1, 0.15) is 0 Å². The molecule has 29 heavy (non-hydrogen) atoms. The second-order valence-corrected chi connectivity index (χ2v) is 8.10. The quantitative estimate of drug-likeness (QED) is 0.569. The van der Waals surface area contributed by atoms with Gasteiger partial charge in [0.05, 0.1) is 11.3 Å². The Morgan fingerprint density at radius 3 is 2.62 bits per heavy atom. The first kappa shape index (κ1) is 19.3. The zero-order chi connectivity index (χ0) is 20.5. The van der Waals surface area contributed by atoms with Crippen LogP contribution in [0.2, 0.25) is 0 Å². The summed E-state index contributed by atoms with van der Waals surface area (Å²) in [5.74, 6) is -1.49. The van der Waals surface area contributed by atoms with Crippen molar-refractivity contribution in [3.63, 3.8) is 0 Å². The van der Waals surface area contributed by atoms with Crippen molar-refractivity contribution < 1.29 is 23.9 Å². The number of benzene rings is 1. The van der Waals surface area contributed by atoms with Crippen LogP contribution < -0.4 is 4.90 Å². The van der Waals surface area contributed by atoms with Gasteiger partial charge in [-0.25, -0.2) is 4.79 Å². The smallest absolute Gasteiger partial charge is 0.338 e. The second-order valence-electron chi connectivity index (χ2n) is 7.10. The molecule has 0 bridgehead atoms. The Hall–Kier alpha value is -3.00. The zero-order valence-corrected chi connectivity index (χ0v) is 16.7. The zero-order valence-electron chi connectivity index (χ0n) is 15.9. The van der Waals surface area contributed by atoms with E-state index < -0.39 is 12.1 Å². The molecule has 2 aliphatic rings. The minimum absolute atomic E-state index is 0.167. The van der Waals surface area contributed by atoms with Crippen molar-refractivity contribution in [1.29, 1.82) is 0 Å². The van der Waals surface area contributed by atoms with E-state index in [4.69, 9.17) is 4.74 Å². The Bertz CT molecular complexity index is 982. The summed E-state index contributed by atoms with van der Waals surface area (Å²) in [5, 5.41) is 2.02. The van der Waals surface area contributed by atoms with Crippen LogP contribution in [0.3, 0.4) is 0 Å². The molecule has 2 aliphatic heterocycles. The number of ether oxygens (including phenoxy) is 1. The highest BCUT2D eigenvalue weighted by molar-refractivity contribution is 7.10. The molecule has 0 radical (unpaired) electrons. The number of carbonyl (C=O) groups is 4. The van der Waals surface area contributed by atoms with Gasteiger partial charge < -0.3 is 9.64 Å². The first-order valence-electron chi connectivity index (χ1n) is 9.45. The van der Waals surface area contributed by atoms with Gasteiger partial charge in [-0.3, -0.25) is 19.3 Å². The van der Waals surface area contributed by atoms with Gasteiger partial charge in [0.2, 0.25) is 11.8 Å². The summed E-state index contributed by atoms with van der Waals surface area (Å²) in [4.78, 5) is 53.2. The Morgan fingerprint density at radius 1 is 1.10 bits per heavy atom. The van der Waals surface area contributed by atoms with Crippen molar-refractivity contribution in [2.45, 2.75) is 38.8 Å². The maximum atomic E-state index is 12.7. The lowest BCUT2D eigenvalue weighted by atomic mass is 10.1. The molecule has 1 atom stereocenters. The predicted octanol–water partition coefficient (Wildman–Crippen LogP) is 2.53. The van der Waals surface area contributed by atoms with E-state index in [-0.39, 0.29) is 36.1 Å². The molecule has 1 fully saturated rings. The third-order valence-corrected chi connectivity index (χ3v) is 6.17. The number of rotatable bonds is 4. The SMILES string of the molecule is CC(OC(=O)c1cccc(N2C(=O)CCC2=O)c1)C(=O)N1CCc2sccc2C1. The average molecular weight is 412 g/mol. The van der Waals surface area contributed by atoms with E-state index in [0.717, 1.165) is 16.9 Å². The van der Waals surface area contributed by atoms with E-state index in [2.05, 4.69) is 0 Å². The maximum absolute atomic E-state index is 12.7. The van der Waals surface area contributed by atoms with Crippen LogP contribution in [0, 0.1) is 0 Å². The molecule has 8 heteroatoms. The molecule has 150 valence electrons. The van der Waals surface area contributed by atoms with E-state index in [1.165, 1.54) is 17.0 Å². The third-order valence-electron chi connectivity index (χ3n) is 5.14. The molecule has 0 saturated carbocycles. The number of hydrogen-bond acceptors (Lipinski definition) is 6. The standard InChI is InChI=1S/C21H20N2O5S/c1-13(20(26)22-9-7-17-15(12-22)8-10-29-17)28-21(27)14-3-2-4-16(11-14)23-18(24)5-6-19(23)25/h2-4,8,10-11,13H,5-7,9,12H2,1H3. The van der Waals surface area contributed by atoms with Crippen molar-refractivity contribution in [3.05, 3.63) is 51.7 Å². The maximum Gasteiger partial charge on any atom is 0.338 e. The molecule has 7 nitrogen and oxygen atoms in total. The number of thiophene rings is 1. The van der Waals surface area contributed by atoms with Crippen LogP contribution in [0.15, 0.2) is 35.7 Å². The molecule has 0 N–H and O–H groups in total. The fourth-order valence-corrected chi connectivity index (χ4v) is 4.50. The lowest BCUT2D eigenvalue weighted by Gasteiger charge is -2.29. The van der Waals surface area contributed by atoms with E-state index in [9.17, 15) is 19.2 Å². The average Bonchev–Trinajstić information content (AvgIpc) is 3.32. The minimum atomic E-state index is -0.929. The summed E-state index contributed by atoms with van der Waals surface area (Å²) >= 11 is 1.69. The number of esters is 1. The molecule has 1 unspecified atom stereocenters. The number of amides is 3. The van der Waals surface area contributed by atoms with Crippen molar-refractivity contribution >= 4 is 40.7 Å². The molecule has 0 spiro atoms. The number of anilines is 1. The summed E-state index contributed by atoms with van der Waals surface area (Å²) in [6, 6.07) is 8.17. The van der Waals surface area contributed by atoms with Gasteiger partial charge in [-0.2, -0.15) is 0 Å². The summed E-state index contributed by atoms with van der Waals surface area (Å²) in [6.07, 6.45) is 0.210. The van der Waals surface area contributed by atoms with Gasteiger partial charge in [-0.15, -0.1) is 11.3 Å². The van der Waals surface area contributed by atoms with Crippen LogP contribution in [-0.4, -0.2) is 41.2 Å². The summed E-state index contributed by atoms with van der Waals surface area (Å²) in [5.41, 5.74) is 1.67. The number of carbonyl (C=O) groups excluding carboxylic acids is 4. The van der Waals surface area contributed by atoms with Crippen LogP contribution in [0.5, 0.6) is 0 Å². The Kier molecular flexibility index (Phi) is 5.19. The Balaban J connectivity index is 1.43. The lowest BCUT2D eigenvalue weighted by Crippen LogP contribution is -2.42. The van der Waals surface area contributed by atoms with Crippen LogP contribution in [0.25, 0.3) is 0 Å². The first-order chi connectivity index (χ1) is 13.9. The fraction of sp³-hybridized carbons (Fsp3) is 0.333. The van der Waals surface area contributed by atoms with Gasteiger partial charge in [-0.05, 0) is 48.6 Å². The molecule has 1 aromatic heterocycles. The van der Waals surface area contributed by atoms with Gasteiger partial charge >= 0.3 is 5.97 Å². The lowest BCUT2D eigenvalue weighted by molar-refractivity contribution is -0.140. The van der Waals surface area contributed by atoms with Crippen molar-refractivity contribution in [2.24, 2.45) is 0 Å². The molecule has 4 rings (SSSR count). The highest BCUT2D eigenvalue weighted by Crippen LogP contribution is 2.26. The van der Waals surface area contributed by atoms with Crippen molar-refractivity contribution in [2.75, 3.05) is 11.4 Å². The third kappa shape index (κ3) is 3.80. The topological polar surface area (TPSA) is 84.0 Å². The van der Waals surface area contributed by atoms with E-state index >= 15 is 0 Å². The molecule has 1 aromatic carbocycles. The number of hydrogen-bond donors (Lipinski definition) is 0. The largest absolute Gasteiger partial charge is 0.449 e. The second kappa shape index (κ2) is 7.79. The van der Waals surface area contributed by atoms with E-state index in [0.29, 0.717) is 18.8 Å². The minimum Gasteiger partial charge on any atom is -0.449 e. The van der Waals surface area contributed by atoms with Gasteiger partial charge in [-0.1, -0.05) is 6.07 Å². The van der Waals surface area contributed by atoms with Gasteiger partial charge in [0.25, 0.3) is 5.91 Å². The van der Waals surface area contributed by atoms with Gasteiger partial charge in [0.15, 0.2) is 6.10 Å². The molecular weight excluding hydrogens is 392 g/mol. The van der Waals surface area contributed by atoms with E-state index in [1.807, 2.05) is 11.4 Å². The Morgan fingerprint density at radius 2 is 1.86 bits per heavy atom.